The van der Waals surface area contributed by atoms with Crippen LogP contribution >= 0.6 is 0 Å². The van der Waals surface area contributed by atoms with Crippen molar-refractivity contribution in [3.05, 3.63) is 42.5 Å². The SMILES string of the molecule is C=CCC(CCCc1ccc(OC)cc1)S(N)(=O)=O. The van der Waals surface area contributed by atoms with Gasteiger partial charge in [0.25, 0.3) is 0 Å². The molecule has 0 saturated carbocycles. The maximum atomic E-state index is 11.4. The topological polar surface area (TPSA) is 69.4 Å². The van der Waals surface area contributed by atoms with Gasteiger partial charge in [-0.1, -0.05) is 18.2 Å². The van der Waals surface area contributed by atoms with E-state index in [1.807, 2.05) is 24.3 Å². The highest BCUT2D eigenvalue weighted by atomic mass is 32.2. The van der Waals surface area contributed by atoms with Crippen LogP contribution in [-0.4, -0.2) is 20.8 Å². The minimum Gasteiger partial charge on any atom is -0.497 e. The lowest BCUT2D eigenvalue weighted by Crippen LogP contribution is -2.28. The second kappa shape index (κ2) is 7.31. The molecule has 1 unspecified atom stereocenters. The summed E-state index contributed by atoms with van der Waals surface area (Å²) in [7, 11) is -1.86. The first-order valence-electron chi connectivity index (χ1n) is 6.23. The first kappa shape index (κ1) is 15.7. The molecule has 19 heavy (non-hydrogen) atoms. The minimum absolute atomic E-state index is 0.404. The molecule has 5 heteroatoms. The fourth-order valence-electron chi connectivity index (χ4n) is 1.93. The van der Waals surface area contributed by atoms with E-state index in [1.165, 1.54) is 0 Å². The van der Waals surface area contributed by atoms with Crippen molar-refractivity contribution in [3.8, 4) is 5.75 Å². The van der Waals surface area contributed by atoms with E-state index in [2.05, 4.69) is 6.58 Å². The predicted molar refractivity (Wildman–Crippen MR) is 77.6 cm³/mol. The Morgan fingerprint density at radius 3 is 2.47 bits per heavy atom. The second-order valence-electron chi connectivity index (χ2n) is 4.48. The van der Waals surface area contributed by atoms with Gasteiger partial charge in [0.05, 0.1) is 12.4 Å². The van der Waals surface area contributed by atoms with Gasteiger partial charge in [-0.2, -0.15) is 0 Å². The number of ether oxygens (including phenoxy) is 1. The van der Waals surface area contributed by atoms with Gasteiger partial charge in [-0.3, -0.25) is 0 Å². The van der Waals surface area contributed by atoms with Gasteiger partial charge in [0.1, 0.15) is 5.75 Å². The van der Waals surface area contributed by atoms with E-state index in [4.69, 9.17) is 9.88 Å². The number of hydrogen-bond acceptors (Lipinski definition) is 3. The molecule has 4 nitrogen and oxygen atoms in total. The molecule has 0 heterocycles. The van der Waals surface area contributed by atoms with Crippen molar-refractivity contribution >= 4 is 10.0 Å². The predicted octanol–water partition coefficient (Wildman–Crippen LogP) is 2.25. The molecule has 1 atom stereocenters. The Kier molecular flexibility index (Phi) is 6.05. The molecule has 2 N–H and O–H groups in total. The molecule has 0 bridgehead atoms. The molecule has 0 radical (unpaired) electrons. The summed E-state index contributed by atoms with van der Waals surface area (Å²) in [5, 5.41) is 4.67. The molecule has 0 aromatic heterocycles. The normalized spacial score (nSPS) is 12.9. The van der Waals surface area contributed by atoms with Gasteiger partial charge in [0.2, 0.25) is 10.0 Å². The Balaban J connectivity index is 2.49. The largest absolute Gasteiger partial charge is 0.497 e. The lowest BCUT2D eigenvalue weighted by atomic mass is 10.1. The fourth-order valence-corrected chi connectivity index (χ4v) is 2.83. The lowest BCUT2D eigenvalue weighted by molar-refractivity contribution is 0.414. The Morgan fingerprint density at radius 2 is 2.00 bits per heavy atom. The number of allylic oxidation sites excluding steroid dienone is 1. The van der Waals surface area contributed by atoms with E-state index in [-0.39, 0.29) is 0 Å². The van der Waals surface area contributed by atoms with Crippen LogP contribution in [0.3, 0.4) is 0 Å². The maximum Gasteiger partial charge on any atom is 0.212 e. The fraction of sp³-hybridized carbons (Fsp3) is 0.429. The second-order valence-corrected chi connectivity index (χ2v) is 6.32. The van der Waals surface area contributed by atoms with Crippen LogP contribution in [0.25, 0.3) is 0 Å². The van der Waals surface area contributed by atoms with Gasteiger partial charge in [-0.25, -0.2) is 13.6 Å². The summed E-state index contributed by atoms with van der Waals surface area (Å²) in [4.78, 5) is 0. The zero-order valence-electron chi connectivity index (χ0n) is 11.2. The van der Waals surface area contributed by atoms with Crippen LogP contribution in [0.1, 0.15) is 24.8 Å². The third-order valence-electron chi connectivity index (χ3n) is 3.04. The lowest BCUT2D eigenvalue weighted by Gasteiger charge is -2.12. The van der Waals surface area contributed by atoms with Crippen LogP contribution in [0.2, 0.25) is 0 Å². The monoisotopic (exact) mass is 283 g/mol. The van der Waals surface area contributed by atoms with Crippen LogP contribution in [0, 0.1) is 0 Å². The summed E-state index contributed by atoms with van der Waals surface area (Å²) in [6.07, 6.45) is 4.16. The van der Waals surface area contributed by atoms with Crippen molar-refractivity contribution < 1.29 is 13.2 Å². The first-order valence-corrected chi connectivity index (χ1v) is 7.83. The van der Waals surface area contributed by atoms with Crippen LogP contribution in [0.5, 0.6) is 5.75 Å². The molecule has 0 aliphatic rings. The van der Waals surface area contributed by atoms with Gasteiger partial charge >= 0.3 is 0 Å². The zero-order valence-corrected chi connectivity index (χ0v) is 12.0. The van der Waals surface area contributed by atoms with E-state index in [0.717, 1.165) is 24.2 Å². The quantitative estimate of drug-likeness (QED) is 0.744. The Bertz CT molecular complexity index is 494. The Hall–Kier alpha value is -1.33. The van der Waals surface area contributed by atoms with Gasteiger partial charge in [0.15, 0.2) is 0 Å². The third kappa shape index (κ3) is 5.44. The number of hydrogen-bond donors (Lipinski definition) is 1. The average Bonchev–Trinajstić information content (AvgIpc) is 2.37. The number of aryl methyl sites for hydroxylation is 1. The molecule has 0 saturated heterocycles. The number of primary sulfonamides is 1. The van der Waals surface area contributed by atoms with Gasteiger partial charge in [-0.05, 0) is 43.4 Å². The van der Waals surface area contributed by atoms with Crippen molar-refractivity contribution in [1.29, 1.82) is 0 Å². The highest BCUT2D eigenvalue weighted by molar-refractivity contribution is 7.89. The third-order valence-corrected chi connectivity index (χ3v) is 4.40. The number of benzene rings is 1. The first-order chi connectivity index (χ1) is 8.97. The summed E-state index contributed by atoms with van der Waals surface area (Å²) >= 11 is 0. The van der Waals surface area contributed by atoms with E-state index in [1.54, 1.807) is 13.2 Å². The van der Waals surface area contributed by atoms with Crippen molar-refractivity contribution in [2.45, 2.75) is 30.9 Å². The highest BCUT2D eigenvalue weighted by Gasteiger charge is 2.19. The van der Waals surface area contributed by atoms with Crippen LogP contribution in [0.15, 0.2) is 36.9 Å². The molecular weight excluding hydrogens is 262 g/mol. The molecule has 1 aromatic rings. The van der Waals surface area contributed by atoms with Crippen LogP contribution in [-0.2, 0) is 16.4 Å². The van der Waals surface area contributed by atoms with E-state index in [0.29, 0.717) is 12.8 Å². The number of methoxy groups -OCH3 is 1. The van der Waals surface area contributed by atoms with Crippen molar-refractivity contribution in [3.63, 3.8) is 0 Å². The van der Waals surface area contributed by atoms with Crippen LogP contribution in [0.4, 0.5) is 0 Å². The number of sulfonamides is 1. The maximum absolute atomic E-state index is 11.4. The summed E-state index contributed by atoms with van der Waals surface area (Å²) in [5.74, 6) is 0.817. The molecule has 1 aromatic carbocycles. The smallest absolute Gasteiger partial charge is 0.212 e. The average molecular weight is 283 g/mol. The molecule has 0 amide bonds. The summed E-state index contributed by atoms with van der Waals surface area (Å²) in [6, 6.07) is 7.77. The molecule has 0 aliphatic heterocycles. The van der Waals surface area contributed by atoms with Crippen LogP contribution < -0.4 is 9.88 Å². The van der Waals surface area contributed by atoms with Crippen molar-refractivity contribution in [2.75, 3.05) is 7.11 Å². The summed E-state index contributed by atoms with van der Waals surface area (Å²) in [5.41, 5.74) is 1.16. The highest BCUT2D eigenvalue weighted by Crippen LogP contribution is 2.16. The van der Waals surface area contributed by atoms with E-state index < -0.39 is 15.3 Å². The van der Waals surface area contributed by atoms with E-state index in [9.17, 15) is 8.42 Å². The number of rotatable bonds is 8. The molecule has 0 spiro atoms. The number of nitrogens with two attached hydrogens (primary N) is 1. The van der Waals surface area contributed by atoms with Gasteiger partial charge in [-0.15, -0.1) is 6.58 Å². The molecule has 0 fully saturated rings. The summed E-state index contributed by atoms with van der Waals surface area (Å²) < 4.78 is 27.8. The Morgan fingerprint density at radius 1 is 1.37 bits per heavy atom. The van der Waals surface area contributed by atoms with E-state index >= 15 is 0 Å². The summed E-state index contributed by atoms with van der Waals surface area (Å²) in [6.45, 7) is 3.57. The Labute approximate surface area is 115 Å². The minimum atomic E-state index is -3.48. The zero-order chi connectivity index (χ0) is 14.3. The molecule has 0 aliphatic carbocycles. The molecule has 106 valence electrons. The van der Waals surface area contributed by atoms with Gasteiger partial charge in [0, 0.05) is 0 Å². The molecular formula is C14H21NO3S. The van der Waals surface area contributed by atoms with Gasteiger partial charge < -0.3 is 4.74 Å². The van der Waals surface area contributed by atoms with Crippen molar-refractivity contribution in [1.82, 2.24) is 0 Å². The molecule has 1 rings (SSSR count). The van der Waals surface area contributed by atoms with Crippen molar-refractivity contribution in [2.24, 2.45) is 5.14 Å². The standard InChI is InChI=1S/C14H21NO3S/c1-3-5-14(19(15,16)17)7-4-6-12-8-10-13(18-2)11-9-12/h3,8-11,14H,1,4-7H2,2H3,(H2,15,16,17).